The molecule has 0 unspecified atom stereocenters. The minimum Gasteiger partial charge on any atom is -0.367 e. The summed E-state index contributed by atoms with van der Waals surface area (Å²) < 4.78 is 40.2. The summed E-state index contributed by atoms with van der Waals surface area (Å²) >= 11 is 0. The molecule has 3 heterocycles. The smallest absolute Gasteiger partial charge is 0.367 e. The third-order valence-electron chi connectivity index (χ3n) is 6.66. The van der Waals surface area contributed by atoms with Gasteiger partial charge in [0.05, 0.1) is 6.20 Å². The molecule has 0 amide bonds. The highest BCUT2D eigenvalue weighted by Gasteiger charge is 2.55. The van der Waals surface area contributed by atoms with Gasteiger partial charge in [-0.15, -0.1) is 0 Å². The zero-order chi connectivity index (χ0) is 22.7. The Morgan fingerprint density at radius 1 is 1.09 bits per heavy atom. The maximum absolute atomic E-state index is 12.8. The van der Waals surface area contributed by atoms with Crippen LogP contribution >= 0.6 is 0 Å². The number of rotatable bonds is 5. The van der Waals surface area contributed by atoms with Crippen molar-refractivity contribution in [3.63, 3.8) is 0 Å². The summed E-state index contributed by atoms with van der Waals surface area (Å²) in [5.41, 5.74) is 2.21. The number of alkyl halides is 3. The number of benzene rings is 1. The first-order valence-electron chi connectivity index (χ1n) is 10.5. The number of halogens is 3. The number of hydrogen-bond donors (Lipinski definition) is 1. The van der Waals surface area contributed by atoms with Crippen molar-refractivity contribution in [3.05, 3.63) is 67.4 Å². The van der Waals surface area contributed by atoms with Crippen LogP contribution in [0.4, 0.5) is 19.0 Å². The Balaban J connectivity index is 1.22. The molecule has 0 atom stereocenters. The molecule has 1 spiro atoms. The second-order valence-electron chi connectivity index (χ2n) is 9.09. The summed E-state index contributed by atoms with van der Waals surface area (Å²) in [5, 5.41) is 9.64. The molecule has 1 saturated heterocycles. The Morgan fingerprint density at radius 3 is 2.50 bits per heavy atom. The molecule has 5 rings (SSSR count). The van der Waals surface area contributed by atoms with Crippen molar-refractivity contribution in [2.75, 3.05) is 18.4 Å². The normalized spacial score (nSPS) is 17.8. The first kappa shape index (κ1) is 20.6. The van der Waals surface area contributed by atoms with Crippen LogP contribution in [0.3, 0.4) is 0 Å². The first-order chi connectivity index (χ1) is 15.1. The van der Waals surface area contributed by atoms with Gasteiger partial charge in [-0.1, -0.05) is 25.3 Å². The summed E-state index contributed by atoms with van der Waals surface area (Å²) in [4.78, 5) is 5.82. The SMILES string of the molecule is C=C(Nc1cc2cc(-c3cnn(C)c3)ccc2cn1)C1CC2(C1)CN(C(=C)C(F)(F)F)C2. The summed E-state index contributed by atoms with van der Waals surface area (Å²) in [7, 11) is 1.89. The molecular formula is C24H24F3N5. The van der Waals surface area contributed by atoms with Gasteiger partial charge < -0.3 is 10.2 Å². The molecular weight excluding hydrogens is 415 g/mol. The second kappa shape index (κ2) is 7.12. The number of fused-ring (bicyclic) bond motifs is 1. The number of likely N-dealkylation sites (tertiary alicyclic amines) is 1. The Labute approximate surface area is 184 Å². The highest BCUT2D eigenvalue weighted by Crippen LogP contribution is 2.55. The average molecular weight is 439 g/mol. The summed E-state index contributed by atoms with van der Waals surface area (Å²) in [5.74, 6) is 0.947. The van der Waals surface area contributed by atoms with Gasteiger partial charge in [0.1, 0.15) is 11.5 Å². The van der Waals surface area contributed by atoms with Crippen molar-refractivity contribution in [1.82, 2.24) is 19.7 Å². The van der Waals surface area contributed by atoms with Crippen LogP contribution in [0.5, 0.6) is 0 Å². The lowest BCUT2D eigenvalue weighted by Gasteiger charge is -2.60. The summed E-state index contributed by atoms with van der Waals surface area (Å²) in [6, 6.07) is 8.19. The number of nitrogens with zero attached hydrogens (tertiary/aromatic N) is 4. The van der Waals surface area contributed by atoms with E-state index in [0.29, 0.717) is 18.9 Å². The molecule has 3 aromatic rings. The van der Waals surface area contributed by atoms with Gasteiger partial charge in [-0.05, 0) is 41.8 Å². The van der Waals surface area contributed by atoms with Gasteiger partial charge in [0.15, 0.2) is 0 Å². The number of aromatic nitrogens is 3. The molecule has 5 nitrogen and oxygen atoms in total. The van der Waals surface area contributed by atoms with Crippen molar-refractivity contribution >= 4 is 16.6 Å². The lowest BCUT2D eigenvalue weighted by atomic mass is 9.57. The van der Waals surface area contributed by atoms with E-state index < -0.39 is 11.9 Å². The Hall–Kier alpha value is -3.29. The topological polar surface area (TPSA) is 46.0 Å². The monoisotopic (exact) mass is 439 g/mol. The highest BCUT2D eigenvalue weighted by atomic mass is 19.4. The summed E-state index contributed by atoms with van der Waals surface area (Å²) in [6.45, 7) is 8.19. The van der Waals surface area contributed by atoms with Crippen molar-refractivity contribution in [3.8, 4) is 11.1 Å². The third kappa shape index (κ3) is 3.63. The zero-order valence-electron chi connectivity index (χ0n) is 17.8. The van der Waals surface area contributed by atoms with Crippen molar-refractivity contribution in [2.45, 2.75) is 19.0 Å². The van der Waals surface area contributed by atoms with Crippen molar-refractivity contribution < 1.29 is 13.2 Å². The Kier molecular flexibility index (Phi) is 4.58. The summed E-state index contributed by atoms with van der Waals surface area (Å²) in [6.07, 6.45) is 2.95. The van der Waals surface area contributed by atoms with Gasteiger partial charge in [0, 0.05) is 54.6 Å². The number of hydrogen-bond acceptors (Lipinski definition) is 4. The van der Waals surface area contributed by atoms with E-state index in [-0.39, 0.29) is 11.3 Å². The molecule has 1 aliphatic heterocycles. The van der Waals surface area contributed by atoms with Gasteiger partial charge in [-0.2, -0.15) is 18.3 Å². The van der Waals surface area contributed by atoms with Crippen LogP contribution in [0.2, 0.25) is 0 Å². The molecule has 0 radical (unpaired) electrons. The number of aryl methyl sites for hydroxylation is 1. The maximum Gasteiger partial charge on any atom is 0.430 e. The minimum absolute atomic E-state index is 0.0427. The predicted octanol–water partition coefficient (Wildman–Crippen LogP) is 5.35. The lowest BCUT2D eigenvalue weighted by molar-refractivity contribution is -0.146. The van der Waals surface area contributed by atoms with Crippen LogP contribution < -0.4 is 5.32 Å². The molecule has 166 valence electrons. The highest BCUT2D eigenvalue weighted by molar-refractivity contribution is 5.88. The van der Waals surface area contributed by atoms with Gasteiger partial charge in [0.25, 0.3) is 0 Å². The van der Waals surface area contributed by atoms with E-state index >= 15 is 0 Å². The number of pyridine rings is 1. The predicted molar refractivity (Wildman–Crippen MR) is 119 cm³/mol. The fourth-order valence-corrected chi connectivity index (χ4v) is 4.85. The van der Waals surface area contributed by atoms with Gasteiger partial charge >= 0.3 is 6.18 Å². The molecule has 2 aromatic heterocycles. The average Bonchev–Trinajstić information content (AvgIpc) is 3.10. The molecule has 1 N–H and O–H groups in total. The van der Waals surface area contributed by atoms with E-state index in [4.69, 9.17) is 0 Å². The van der Waals surface area contributed by atoms with E-state index in [2.05, 4.69) is 40.7 Å². The van der Waals surface area contributed by atoms with Crippen molar-refractivity contribution in [2.24, 2.45) is 18.4 Å². The van der Waals surface area contributed by atoms with E-state index in [0.717, 1.165) is 40.4 Å². The van der Waals surface area contributed by atoms with Crippen LogP contribution in [0.1, 0.15) is 12.8 Å². The second-order valence-corrected chi connectivity index (χ2v) is 9.09. The van der Waals surface area contributed by atoms with Crippen LogP contribution in [-0.2, 0) is 7.05 Å². The fourth-order valence-electron chi connectivity index (χ4n) is 4.85. The quantitative estimate of drug-likeness (QED) is 0.582. The minimum atomic E-state index is -4.35. The largest absolute Gasteiger partial charge is 0.430 e. The zero-order valence-corrected chi connectivity index (χ0v) is 17.8. The number of anilines is 1. The first-order valence-corrected chi connectivity index (χ1v) is 10.5. The van der Waals surface area contributed by atoms with E-state index in [9.17, 15) is 13.2 Å². The van der Waals surface area contributed by atoms with Gasteiger partial charge in [0.2, 0.25) is 0 Å². The Morgan fingerprint density at radius 2 is 1.84 bits per heavy atom. The van der Waals surface area contributed by atoms with E-state index in [1.165, 1.54) is 4.90 Å². The molecule has 1 aliphatic carbocycles. The molecule has 2 fully saturated rings. The molecule has 0 bridgehead atoms. The Bertz CT molecular complexity index is 1210. The fraction of sp³-hybridized carbons (Fsp3) is 0.333. The number of nitrogens with one attached hydrogen (secondary N) is 1. The van der Waals surface area contributed by atoms with Gasteiger partial charge in [-0.3, -0.25) is 4.68 Å². The number of allylic oxidation sites excluding steroid dienone is 2. The molecule has 32 heavy (non-hydrogen) atoms. The molecule has 8 heteroatoms. The van der Waals surface area contributed by atoms with Crippen LogP contribution in [0, 0.1) is 11.3 Å². The van der Waals surface area contributed by atoms with Crippen LogP contribution in [-0.4, -0.2) is 38.9 Å². The van der Waals surface area contributed by atoms with E-state index in [1.807, 2.05) is 37.8 Å². The van der Waals surface area contributed by atoms with Crippen molar-refractivity contribution in [1.29, 1.82) is 0 Å². The van der Waals surface area contributed by atoms with Gasteiger partial charge in [-0.25, -0.2) is 4.98 Å². The third-order valence-corrected chi connectivity index (χ3v) is 6.66. The lowest BCUT2D eigenvalue weighted by Crippen LogP contribution is -2.63. The van der Waals surface area contributed by atoms with E-state index in [1.54, 1.807) is 4.68 Å². The molecule has 1 saturated carbocycles. The van der Waals surface area contributed by atoms with Crippen LogP contribution in [0.25, 0.3) is 21.9 Å². The maximum atomic E-state index is 12.8. The standard InChI is InChI=1S/C24H24F3N5/c1-15(20-8-23(9-20)13-32(14-23)16(2)24(25,26)27)30-22-7-19-6-17(4-5-18(19)10-28-22)21-11-29-31(3)12-21/h4-7,10-12,20H,1-2,8-9,13-14H2,3H3,(H,28,30). The molecule has 1 aromatic carbocycles. The molecule has 2 aliphatic rings. The van der Waals surface area contributed by atoms with Crippen LogP contribution in [0.15, 0.2) is 67.4 Å².